The summed E-state index contributed by atoms with van der Waals surface area (Å²) >= 11 is 3.48. The summed E-state index contributed by atoms with van der Waals surface area (Å²) in [5.41, 5.74) is 2.21. The molecule has 2 aromatic heterocycles. The van der Waals surface area contributed by atoms with Gasteiger partial charge < -0.3 is 4.74 Å². The third-order valence-electron chi connectivity index (χ3n) is 7.47. The Balaban J connectivity index is 1.21. The number of nitrogens with zero attached hydrogens (tertiary/aromatic N) is 3. The molecule has 132 valence electrons. The van der Waals surface area contributed by atoms with Gasteiger partial charge >= 0.3 is 0 Å². The Morgan fingerprint density at radius 1 is 1.04 bits per heavy atom. The molecule has 0 saturated heterocycles. The molecule has 0 amide bonds. The van der Waals surface area contributed by atoms with Crippen LogP contribution in [0.5, 0.6) is 5.75 Å². The molecule has 4 nitrogen and oxygen atoms in total. The monoisotopic (exact) mass is 401 g/mol. The van der Waals surface area contributed by atoms with Gasteiger partial charge in [0, 0.05) is 17.8 Å². The fraction of sp³-hybridized carbons (Fsp3) is 0.700. The highest BCUT2D eigenvalue weighted by Crippen LogP contribution is 2.60. The number of pyridine rings is 1. The number of hydrogen-bond acceptors (Lipinski definition) is 3. The van der Waals surface area contributed by atoms with Crippen LogP contribution in [-0.4, -0.2) is 21.2 Å². The maximum absolute atomic E-state index is 6.40. The third-order valence-corrected chi connectivity index (χ3v) is 8.01. The second-order valence-electron chi connectivity index (χ2n) is 8.87. The SMILES string of the molecule is Brc1nnc2cc(OCC3C[C@@H]4[C@H]5CC[C@H](C5)[C@@H]4C3)c(C3CC3)cn12. The fourth-order valence-corrected chi connectivity index (χ4v) is 6.57. The standard InChI is InChI=1S/C20H24BrN3O/c21-20-23-22-19-8-18(17(9-24(19)20)12-1-2-12)25-10-11-5-15-13-3-4-14(7-13)16(15)6-11/h8-9,11-16H,1-7,10H2/t11?,13-,14+,15+,16-. The Morgan fingerprint density at radius 3 is 2.52 bits per heavy atom. The highest BCUT2D eigenvalue weighted by Gasteiger charge is 2.51. The second-order valence-corrected chi connectivity index (χ2v) is 9.58. The van der Waals surface area contributed by atoms with Crippen LogP contribution in [0.1, 0.15) is 56.4 Å². The summed E-state index contributed by atoms with van der Waals surface area (Å²) in [4.78, 5) is 0. The van der Waals surface area contributed by atoms with E-state index in [9.17, 15) is 0 Å². The van der Waals surface area contributed by atoms with Crippen LogP contribution >= 0.6 is 15.9 Å². The zero-order valence-electron chi connectivity index (χ0n) is 14.4. The van der Waals surface area contributed by atoms with Crippen molar-refractivity contribution in [2.24, 2.45) is 29.6 Å². The van der Waals surface area contributed by atoms with Crippen molar-refractivity contribution in [3.63, 3.8) is 0 Å². The van der Waals surface area contributed by atoms with Crippen molar-refractivity contribution < 1.29 is 4.74 Å². The largest absolute Gasteiger partial charge is 0.493 e. The van der Waals surface area contributed by atoms with Crippen molar-refractivity contribution in [3.05, 3.63) is 22.6 Å². The van der Waals surface area contributed by atoms with Crippen molar-refractivity contribution in [1.82, 2.24) is 14.6 Å². The van der Waals surface area contributed by atoms with Crippen LogP contribution in [0.15, 0.2) is 17.0 Å². The van der Waals surface area contributed by atoms with Gasteiger partial charge in [0.05, 0.1) is 6.61 Å². The molecule has 0 radical (unpaired) electrons. The molecule has 5 atom stereocenters. The van der Waals surface area contributed by atoms with Crippen LogP contribution in [0.2, 0.25) is 0 Å². The van der Waals surface area contributed by atoms with Gasteiger partial charge in [0.15, 0.2) is 5.65 Å². The topological polar surface area (TPSA) is 39.4 Å². The molecular formula is C20H24BrN3O. The Labute approximate surface area is 156 Å². The van der Waals surface area contributed by atoms with Gasteiger partial charge in [-0.25, -0.2) is 0 Å². The summed E-state index contributed by atoms with van der Waals surface area (Å²) in [6.45, 7) is 0.887. The zero-order valence-corrected chi connectivity index (χ0v) is 16.0. The normalized spacial score (nSPS) is 36.3. The third kappa shape index (κ3) is 2.37. The van der Waals surface area contributed by atoms with Gasteiger partial charge in [-0.15, -0.1) is 10.2 Å². The van der Waals surface area contributed by atoms with E-state index in [2.05, 4.69) is 38.4 Å². The number of hydrogen-bond donors (Lipinski definition) is 0. The molecule has 2 bridgehead atoms. The fourth-order valence-electron chi connectivity index (χ4n) is 6.20. The smallest absolute Gasteiger partial charge is 0.204 e. The number of fused-ring (bicyclic) bond motifs is 6. The van der Waals surface area contributed by atoms with Crippen molar-refractivity contribution in [1.29, 1.82) is 0 Å². The summed E-state index contributed by atoms with van der Waals surface area (Å²) in [6, 6.07) is 2.09. The van der Waals surface area contributed by atoms with Gasteiger partial charge in [0.2, 0.25) is 4.73 Å². The van der Waals surface area contributed by atoms with Crippen LogP contribution in [0, 0.1) is 29.6 Å². The van der Waals surface area contributed by atoms with E-state index in [0.29, 0.717) is 5.92 Å². The molecule has 4 aliphatic rings. The van der Waals surface area contributed by atoms with Crippen LogP contribution in [0.4, 0.5) is 0 Å². The maximum Gasteiger partial charge on any atom is 0.204 e. The Hall–Kier alpha value is -1.10. The molecule has 25 heavy (non-hydrogen) atoms. The molecule has 4 aliphatic carbocycles. The molecule has 0 spiro atoms. The van der Waals surface area contributed by atoms with Crippen LogP contribution in [0.25, 0.3) is 5.65 Å². The Morgan fingerprint density at radius 2 is 1.80 bits per heavy atom. The molecule has 1 unspecified atom stereocenters. The van der Waals surface area contributed by atoms with E-state index in [0.717, 1.165) is 52.3 Å². The van der Waals surface area contributed by atoms with Crippen molar-refractivity contribution >= 4 is 21.6 Å². The van der Waals surface area contributed by atoms with E-state index >= 15 is 0 Å². The number of ether oxygens (including phenoxy) is 1. The average Bonchev–Trinajstić information content (AvgIpc) is 2.98. The van der Waals surface area contributed by atoms with E-state index < -0.39 is 0 Å². The predicted octanol–water partition coefficient (Wildman–Crippen LogP) is 4.82. The number of halogens is 1. The minimum atomic E-state index is 0.660. The van der Waals surface area contributed by atoms with Crippen LogP contribution in [-0.2, 0) is 0 Å². The lowest BCUT2D eigenvalue weighted by molar-refractivity contribution is 0.237. The zero-order chi connectivity index (χ0) is 16.5. The van der Waals surface area contributed by atoms with E-state index in [-0.39, 0.29) is 0 Å². The van der Waals surface area contributed by atoms with Gasteiger partial charge in [-0.05, 0) is 96.4 Å². The summed E-state index contributed by atoms with van der Waals surface area (Å²) < 4.78 is 9.20. The van der Waals surface area contributed by atoms with Crippen LogP contribution < -0.4 is 4.74 Å². The molecule has 2 heterocycles. The molecule has 4 saturated carbocycles. The molecule has 6 rings (SSSR count). The summed E-state index contributed by atoms with van der Waals surface area (Å²) in [7, 11) is 0. The molecule has 2 aromatic rings. The first-order chi connectivity index (χ1) is 12.3. The lowest BCUT2D eigenvalue weighted by Gasteiger charge is -2.23. The van der Waals surface area contributed by atoms with Crippen molar-refractivity contribution in [2.75, 3.05) is 6.61 Å². The van der Waals surface area contributed by atoms with Gasteiger partial charge in [-0.2, -0.15) is 0 Å². The summed E-state index contributed by atoms with van der Waals surface area (Å²) in [5.74, 6) is 6.60. The maximum atomic E-state index is 6.40. The highest BCUT2D eigenvalue weighted by molar-refractivity contribution is 9.10. The van der Waals surface area contributed by atoms with Crippen molar-refractivity contribution in [2.45, 2.75) is 50.9 Å². The van der Waals surface area contributed by atoms with Gasteiger partial charge in [0.1, 0.15) is 5.75 Å². The summed E-state index contributed by atoms with van der Waals surface area (Å²) in [5, 5.41) is 8.37. The molecule has 0 aliphatic heterocycles. The quantitative estimate of drug-likeness (QED) is 0.736. The second kappa shape index (κ2) is 5.45. The van der Waals surface area contributed by atoms with E-state index in [1.165, 1.54) is 50.5 Å². The highest BCUT2D eigenvalue weighted by atomic mass is 79.9. The number of rotatable bonds is 4. The lowest BCUT2D eigenvalue weighted by Crippen LogP contribution is -2.15. The van der Waals surface area contributed by atoms with Crippen molar-refractivity contribution in [3.8, 4) is 5.75 Å². The number of aromatic nitrogens is 3. The van der Waals surface area contributed by atoms with E-state index in [1.807, 2.05) is 4.40 Å². The predicted molar refractivity (Wildman–Crippen MR) is 98.7 cm³/mol. The first-order valence-corrected chi connectivity index (χ1v) is 10.7. The molecular weight excluding hydrogens is 378 g/mol. The van der Waals surface area contributed by atoms with Gasteiger partial charge in [-0.3, -0.25) is 4.40 Å². The first kappa shape index (κ1) is 15.0. The molecule has 5 heteroatoms. The van der Waals surface area contributed by atoms with Crippen LogP contribution in [0.3, 0.4) is 0 Å². The average molecular weight is 402 g/mol. The molecule has 0 aromatic carbocycles. The Bertz CT molecular complexity index is 812. The first-order valence-electron chi connectivity index (χ1n) is 9.93. The molecule has 0 N–H and O–H groups in total. The summed E-state index contributed by atoms with van der Waals surface area (Å²) in [6.07, 6.45) is 12.1. The van der Waals surface area contributed by atoms with Gasteiger partial charge in [0.25, 0.3) is 0 Å². The van der Waals surface area contributed by atoms with Gasteiger partial charge in [-0.1, -0.05) is 0 Å². The Kier molecular flexibility index (Phi) is 3.27. The lowest BCUT2D eigenvalue weighted by atomic mass is 9.82. The minimum absolute atomic E-state index is 0.660. The molecule has 4 fully saturated rings. The van der Waals surface area contributed by atoms with E-state index in [1.54, 1.807) is 0 Å². The van der Waals surface area contributed by atoms with E-state index in [4.69, 9.17) is 4.74 Å². The minimum Gasteiger partial charge on any atom is -0.493 e.